The van der Waals surface area contributed by atoms with Crippen LogP contribution in [0.15, 0.2) is 36.4 Å². The molecule has 2 heterocycles. The summed E-state index contributed by atoms with van der Waals surface area (Å²) in [6.07, 6.45) is 0.857. The molecule has 0 spiro atoms. The summed E-state index contributed by atoms with van der Waals surface area (Å²) in [5, 5.41) is 2.83. The molecular weight excluding hydrogens is 368 g/mol. The normalized spacial score (nSPS) is 14.5. The van der Waals surface area contributed by atoms with E-state index in [1.165, 1.54) is 11.1 Å². The average Bonchev–Trinajstić information content (AvgIpc) is 2.75. The van der Waals surface area contributed by atoms with Crippen LogP contribution in [0, 0.1) is 0 Å². The lowest BCUT2D eigenvalue weighted by Crippen LogP contribution is -2.46. The predicted molar refractivity (Wildman–Crippen MR) is 114 cm³/mol. The predicted octanol–water partition coefficient (Wildman–Crippen LogP) is 2.10. The Bertz CT molecular complexity index is 780. The zero-order valence-electron chi connectivity index (χ0n) is 17.5. The van der Waals surface area contributed by atoms with Gasteiger partial charge in [0.25, 0.3) is 0 Å². The van der Waals surface area contributed by atoms with E-state index in [-0.39, 0.29) is 5.91 Å². The number of ether oxygens (including phenoxy) is 2. The lowest BCUT2D eigenvalue weighted by Gasteiger charge is -2.35. The van der Waals surface area contributed by atoms with Gasteiger partial charge in [0, 0.05) is 58.3 Å². The Balaban J connectivity index is 1.50. The minimum Gasteiger partial charge on any atom is -0.496 e. The van der Waals surface area contributed by atoms with Gasteiger partial charge < -0.3 is 19.7 Å². The lowest BCUT2D eigenvalue weighted by molar-refractivity contribution is -0.118. The van der Waals surface area contributed by atoms with Gasteiger partial charge in [-0.3, -0.25) is 9.69 Å². The van der Waals surface area contributed by atoms with E-state index in [1.807, 2.05) is 6.07 Å². The van der Waals surface area contributed by atoms with Crippen molar-refractivity contribution in [3.8, 4) is 11.6 Å². The fourth-order valence-electron chi connectivity index (χ4n) is 3.44. The molecule has 0 saturated carbocycles. The van der Waals surface area contributed by atoms with Crippen molar-refractivity contribution in [1.82, 2.24) is 15.2 Å². The van der Waals surface area contributed by atoms with Crippen molar-refractivity contribution in [3.63, 3.8) is 0 Å². The molecule has 0 radical (unpaired) electrons. The number of benzene rings is 1. The van der Waals surface area contributed by atoms with E-state index >= 15 is 0 Å². The standard InChI is InChI=1S/C22H30N4O3/c1-17(27)23-9-8-18-4-6-19(7-5-18)16-25-10-12-26(13-11-25)21-14-20(28-2)15-22(24-21)29-3/h4-7,14-15H,8-13,16H2,1-3H3,(H,23,27). The molecule has 2 aromatic rings. The van der Waals surface area contributed by atoms with Gasteiger partial charge >= 0.3 is 0 Å². The van der Waals surface area contributed by atoms with E-state index in [2.05, 4.69) is 44.4 Å². The number of pyridine rings is 1. The van der Waals surface area contributed by atoms with Crippen LogP contribution >= 0.6 is 0 Å². The number of carbonyl (C=O) groups excluding carboxylic acids is 1. The monoisotopic (exact) mass is 398 g/mol. The highest BCUT2D eigenvalue weighted by atomic mass is 16.5. The highest BCUT2D eigenvalue weighted by Gasteiger charge is 2.19. The van der Waals surface area contributed by atoms with Crippen molar-refractivity contribution >= 4 is 11.7 Å². The number of hydrogen-bond donors (Lipinski definition) is 1. The van der Waals surface area contributed by atoms with E-state index in [0.29, 0.717) is 12.4 Å². The van der Waals surface area contributed by atoms with Crippen LogP contribution in [0.1, 0.15) is 18.1 Å². The van der Waals surface area contributed by atoms with Crippen LogP contribution < -0.4 is 19.7 Å². The zero-order valence-corrected chi connectivity index (χ0v) is 17.5. The lowest BCUT2D eigenvalue weighted by atomic mass is 10.1. The fraction of sp³-hybridized carbons (Fsp3) is 0.455. The molecule has 1 saturated heterocycles. The smallest absolute Gasteiger partial charge is 0.218 e. The summed E-state index contributed by atoms with van der Waals surface area (Å²) in [6, 6.07) is 12.4. The van der Waals surface area contributed by atoms with Crippen molar-refractivity contribution < 1.29 is 14.3 Å². The van der Waals surface area contributed by atoms with Gasteiger partial charge in [-0.1, -0.05) is 24.3 Å². The first-order valence-corrected chi connectivity index (χ1v) is 9.97. The number of amides is 1. The van der Waals surface area contributed by atoms with Crippen LogP contribution in [0.25, 0.3) is 0 Å². The van der Waals surface area contributed by atoms with Gasteiger partial charge in [0.15, 0.2) is 0 Å². The molecule has 1 N–H and O–H groups in total. The first kappa shape index (κ1) is 20.9. The minimum absolute atomic E-state index is 0.0170. The molecule has 0 atom stereocenters. The van der Waals surface area contributed by atoms with E-state index in [4.69, 9.17) is 9.47 Å². The molecule has 7 heteroatoms. The topological polar surface area (TPSA) is 66.9 Å². The Hall–Kier alpha value is -2.80. The van der Waals surface area contributed by atoms with Crippen molar-refractivity contribution in [3.05, 3.63) is 47.5 Å². The third kappa shape index (κ3) is 6.09. The number of piperazine rings is 1. The summed E-state index contributed by atoms with van der Waals surface area (Å²) in [5.74, 6) is 2.24. The fourth-order valence-corrected chi connectivity index (χ4v) is 3.44. The molecule has 0 bridgehead atoms. The van der Waals surface area contributed by atoms with Gasteiger partial charge in [0.1, 0.15) is 11.6 Å². The third-order valence-corrected chi connectivity index (χ3v) is 5.12. The highest BCUT2D eigenvalue weighted by Crippen LogP contribution is 2.25. The molecule has 7 nitrogen and oxygen atoms in total. The van der Waals surface area contributed by atoms with Crippen LogP contribution in [0.3, 0.4) is 0 Å². The number of rotatable bonds is 8. The summed E-state index contributed by atoms with van der Waals surface area (Å²) in [4.78, 5) is 20.2. The van der Waals surface area contributed by atoms with E-state index in [9.17, 15) is 4.79 Å². The molecule has 0 aliphatic carbocycles. The Morgan fingerprint density at radius 3 is 2.34 bits per heavy atom. The number of methoxy groups -OCH3 is 2. The second-order valence-electron chi connectivity index (χ2n) is 7.22. The van der Waals surface area contributed by atoms with Crippen molar-refractivity contribution in [2.45, 2.75) is 19.9 Å². The van der Waals surface area contributed by atoms with Gasteiger partial charge in [0.2, 0.25) is 11.8 Å². The van der Waals surface area contributed by atoms with Crippen molar-refractivity contribution in [2.75, 3.05) is 51.8 Å². The summed E-state index contributed by atoms with van der Waals surface area (Å²) >= 11 is 0. The van der Waals surface area contributed by atoms with Crippen molar-refractivity contribution in [1.29, 1.82) is 0 Å². The van der Waals surface area contributed by atoms with Gasteiger partial charge in [-0.2, -0.15) is 4.98 Å². The summed E-state index contributed by atoms with van der Waals surface area (Å²) in [7, 11) is 3.27. The van der Waals surface area contributed by atoms with Gasteiger partial charge in [0.05, 0.1) is 14.2 Å². The van der Waals surface area contributed by atoms with Crippen LogP contribution in [0.2, 0.25) is 0 Å². The maximum atomic E-state index is 11.0. The SMILES string of the molecule is COc1cc(OC)nc(N2CCN(Cc3ccc(CCNC(C)=O)cc3)CC2)c1. The molecule has 29 heavy (non-hydrogen) atoms. The quantitative estimate of drug-likeness (QED) is 0.735. The Labute approximate surface area is 172 Å². The molecular formula is C22H30N4O3. The average molecular weight is 399 g/mol. The van der Waals surface area contributed by atoms with E-state index < -0.39 is 0 Å². The third-order valence-electron chi connectivity index (χ3n) is 5.12. The van der Waals surface area contributed by atoms with Gasteiger partial charge in [-0.05, 0) is 17.5 Å². The molecule has 1 amide bonds. The second-order valence-corrected chi connectivity index (χ2v) is 7.22. The summed E-state index contributed by atoms with van der Waals surface area (Å²) in [6.45, 7) is 6.95. The van der Waals surface area contributed by atoms with Crippen LogP contribution in [0.4, 0.5) is 5.82 Å². The number of carbonyl (C=O) groups is 1. The molecule has 1 aromatic heterocycles. The number of nitrogens with zero attached hydrogens (tertiary/aromatic N) is 3. The molecule has 1 fully saturated rings. The van der Waals surface area contributed by atoms with Crippen LogP contribution in [-0.4, -0.2) is 62.7 Å². The summed E-state index contributed by atoms with van der Waals surface area (Å²) < 4.78 is 10.6. The van der Waals surface area contributed by atoms with E-state index in [0.717, 1.165) is 50.7 Å². The Morgan fingerprint density at radius 2 is 1.72 bits per heavy atom. The van der Waals surface area contributed by atoms with Crippen molar-refractivity contribution in [2.24, 2.45) is 0 Å². The van der Waals surface area contributed by atoms with Gasteiger partial charge in [-0.25, -0.2) is 0 Å². The van der Waals surface area contributed by atoms with Gasteiger partial charge in [-0.15, -0.1) is 0 Å². The molecule has 1 aromatic carbocycles. The highest BCUT2D eigenvalue weighted by molar-refractivity contribution is 5.72. The maximum Gasteiger partial charge on any atom is 0.218 e. The molecule has 1 aliphatic rings. The Morgan fingerprint density at radius 1 is 1.03 bits per heavy atom. The first-order valence-electron chi connectivity index (χ1n) is 9.97. The molecule has 156 valence electrons. The van der Waals surface area contributed by atoms with E-state index in [1.54, 1.807) is 27.2 Å². The largest absolute Gasteiger partial charge is 0.496 e. The second kappa shape index (κ2) is 10.1. The minimum atomic E-state index is 0.0170. The molecule has 0 unspecified atom stereocenters. The molecule has 1 aliphatic heterocycles. The van der Waals surface area contributed by atoms with Crippen LogP contribution in [0.5, 0.6) is 11.6 Å². The Kier molecular flexibility index (Phi) is 7.30. The number of anilines is 1. The zero-order chi connectivity index (χ0) is 20.6. The summed E-state index contributed by atoms with van der Waals surface area (Å²) in [5.41, 5.74) is 2.55. The number of nitrogens with one attached hydrogen (secondary N) is 1. The number of aromatic nitrogens is 1. The first-order chi connectivity index (χ1) is 14.1. The number of hydrogen-bond acceptors (Lipinski definition) is 6. The maximum absolute atomic E-state index is 11.0. The van der Waals surface area contributed by atoms with Crippen LogP contribution in [-0.2, 0) is 17.8 Å². The molecule has 3 rings (SSSR count).